The van der Waals surface area contributed by atoms with Gasteiger partial charge in [-0.3, -0.25) is 0 Å². The third-order valence-corrected chi connectivity index (χ3v) is 5.78. The van der Waals surface area contributed by atoms with Crippen LogP contribution in [0.25, 0.3) is 0 Å². The minimum absolute atomic E-state index is 0.0787. The third kappa shape index (κ3) is 5.56. The number of rotatable bonds is 7. The molecular weight excluding hydrogens is 424 g/mol. The highest BCUT2D eigenvalue weighted by atomic mass is 35.5. The van der Waals surface area contributed by atoms with Crippen molar-refractivity contribution in [2.45, 2.75) is 63.5 Å². The smallest absolute Gasteiger partial charge is 0.229 e. The van der Waals surface area contributed by atoms with E-state index in [1.54, 1.807) is 12.1 Å². The summed E-state index contributed by atoms with van der Waals surface area (Å²) in [6.45, 7) is 3.33. The summed E-state index contributed by atoms with van der Waals surface area (Å²) in [5.41, 5.74) is 3.50. The van der Waals surface area contributed by atoms with Gasteiger partial charge in [0.25, 0.3) is 0 Å². The lowest BCUT2D eigenvalue weighted by Crippen LogP contribution is -2.61. The van der Waals surface area contributed by atoms with Crippen molar-refractivity contribution in [3.8, 4) is 5.75 Å². The van der Waals surface area contributed by atoms with Gasteiger partial charge in [0.05, 0.1) is 6.10 Å². The maximum Gasteiger partial charge on any atom is 0.229 e. The summed E-state index contributed by atoms with van der Waals surface area (Å²) in [6, 6.07) is 11.4. The van der Waals surface area contributed by atoms with Gasteiger partial charge in [-0.1, -0.05) is 41.4 Å². The molecule has 8 heteroatoms. The van der Waals surface area contributed by atoms with Gasteiger partial charge in [0.15, 0.2) is 0 Å². The van der Waals surface area contributed by atoms with Gasteiger partial charge in [-0.2, -0.15) is 0 Å². The van der Waals surface area contributed by atoms with Crippen molar-refractivity contribution < 1.29 is 35.0 Å². The SMILES string of the molecule is Cc1ccc(Cc2c(Cl)cc(CCO)cc2O[C@@H]2O[C@H]([C@@H](C)O)[C@@H](O)[C@H](O)[C@H]2O)cc1. The molecule has 1 heterocycles. The van der Waals surface area contributed by atoms with Crippen LogP contribution in [0.5, 0.6) is 5.75 Å². The van der Waals surface area contributed by atoms with Gasteiger partial charge in [-0.25, -0.2) is 0 Å². The first-order valence-corrected chi connectivity index (χ1v) is 10.6. The highest BCUT2D eigenvalue weighted by molar-refractivity contribution is 6.31. The highest BCUT2D eigenvalue weighted by Gasteiger charge is 2.46. The molecule has 0 bridgehead atoms. The van der Waals surface area contributed by atoms with Gasteiger partial charge in [0.2, 0.25) is 6.29 Å². The molecule has 7 nitrogen and oxygen atoms in total. The van der Waals surface area contributed by atoms with E-state index in [9.17, 15) is 25.5 Å². The Kier molecular flexibility index (Phi) is 7.93. The van der Waals surface area contributed by atoms with E-state index in [2.05, 4.69) is 0 Å². The molecule has 0 saturated carbocycles. The maximum absolute atomic E-state index is 10.4. The zero-order valence-electron chi connectivity index (χ0n) is 17.5. The largest absolute Gasteiger partial charge is 0.462 e. The van der Waals surface area contributed by atoms with E-state index < -0.39 is 36.8 Å². The Balaban J connectivity index is 1.94. The van der Waals surface area contributed by atoms with Gasteiger partial charge in [-0.05, 0) is 43.5 Å². The number of aliphatic hydroxyl groups excluding tert-OH is 5. The van der Waals surface area contributed by atoms with Crippen LogP contribution in [0.2, 0.25) is 5.02 Å². The molecule has 5 N–H and O–H groups in total. The predicted octanol–water partition coefficient (Wildman–Crippen LogP) is 1.34. The molecule has 2 aromatic rings. The van der Waals surface area contributed by atoms with Gasteiger partial charge in [-0.15, -0.1) is 0 Å². The summed E-state index contributed by atoms with van der Waals surface area (Å²) in [7, 11) is 0. The summed E-state index contributed by atoms with van der Waals surface area (Å²) >= 11 is 6.54. The fourth-order valence-electron chi connectivity index (χ4n) is 3.62. The standard InChI is InChI=1S/C23H29ClO7/c1-12-3-5-14(6-4-12)9-16-17(24)10-15(7-8-25)11-18(16)30-23-21(29)19(27)20(28)22(31-23)13(2)26/h3-6,10-11,13,19-23,25-29H,7-9H2,1-2H3/t13-,19+,20+,21-,22-,23-/m1/s1. The van der Waals surface area contributed by atoms with Crippen LogP contribution >= 0.6 is 11.6 Å². The summed E-state index contributed by atoms with van der Waals surface area (Å²) in [4.78, 5) is 0. The third-order valence-electron chi connectivity index (χ3n) is 5.44. The second-order valence-electron chi connectivity index (χ2n) is 7.99. The Morgan fingerprint density at radius 2 is 1.71 bits per heavy atom. The van der Waals surface area contributed by atoms with Gasteiger partial charge in [0.1, 0.15) is 30.2 Å². The molecule has 0 aliphatic carbocycles. The number of ether oxygens (including phenoxy) is 2. The molecule has 1 fully saturated rings. The topological polar surface area (TPSA) is 120 Å². The molecular formula is C23H29ClO7. The molecule has 0 amide bonds. The van der Waals surface area contributed by atoms with Gasteiger partial charge < -0.3 is 35.0 Å². The molecule has 1 aliphatic heterocycles. The average Bonchev–Trinajstić information content (AvgIpc) is 2.72. The fraction of sp³-hybridized carbons (Fsp3) is 0.478. The zero-order chi connectivity index (χ0) is 22.7. The lowest BCUT2D eigenvalue weighted by atomic mass is 9.96. The van der Waals surface area contributed by atoms with Crippen LogP contribution in [-0.4, -0.2) is 68.9 Å². The fourth-order valence-corrected chi connectivity index (χ4v) is 3.92. The maximum atomic E-state index is 10.4. The van der Waals surface area contributed by atoms with Crippen molar-refractivity contribution in [1.29, 1.82) is 0 Å². The van der Waals surface area contributed by atoms with Crippen LogP contribution in [0.1, 0.15) is 29.2 Å². The lowest BCUT2D eigenvalue weighted by molar-refractivity contribution is -0.286. The Morgan fingerprint density at radius 1 is 1.03 bits per heavy atom. The number of aryl methyl sites for hydroxylation is 1. The molecule has 2 aromatic carbocycles. The molecule has 1 aliphatic rings. The van der Waals surface area contributed by atoms with Crippen LogP contribution < -0.4 is 4.74 Å². The number of benzene rings is 2. The molecule has 0 spiro atoms. The van der Waals surface area contributed by atoms with Crippen molar-refractivity contribution in [2.24, 2.45) is 0 Å². The predicted molar refractivity (Wildman–Crippen MR) is 115 cm³/mol. The lowest BCUT2D eigenvalue weighted by Gasteiger charge is -2.41. The van der Waals surface area contributed by atoms with E-state index >= 15 is 0 Å². The van der Waals surface area contributed by atoms with Gasteiger partial charge in [0, 0.05) is 23.6 Å². The van der Waals surface area contributed by atoms with E-state index in [-0.39, 0.29) is 6.61 Å². The van der Waals surface area contributed by atoms with Crippen LogP contribution in [0.3, 0.4) is 0 Å². The number of aliphatic hydroxyl groups is 5. The Labute approximate surface area is 186 Å². The van der Waals surface area contributed by atoms with Crippen molar-refractivity contribution >= 4 is 11.6 Å². The summed E-state index contributed by atoms with van der Waals surface area (Å²) in [5.74, 6) is 0.327. The Bertz CT molecular complexity index is 871. The molecule has 3 rings (SSSR count). The molecule has 1 saturated heterocycles. The first-order valence-electron chi connectivity index (χ1n) is 10.2. The van der Waals surface area contributed by atoms with E-state index in [0.717, 1.165) is 16.7 Å². The van der Waals surface area contributed by atoms with Gasteiger partial charge >= 0.3 is 0 Å². The minimum Gasteiger partial charge on any atom is -0.462 e. The zero-order valence-corrected chi connectivity index (χ0v) is 18.2. The highest BCUT2D eigenvalue weighted by Crippen LogP contribution is 2.34. The van der Waals surface area contributed by atoms with Crippen molar-refractivity contribution in [3.63, 3.8) is 0 Å². The normalized spacial score (nSPS) is 27.2. The monoisotopic (exact) mass is 452 g/mol. The molecule has 6 atom stereocenters. The molecule has 170 valence electrons. The Hall–Kier alpha value is -1.71. The quantitative estimate of drug-likeness (QED) is 0.430. The first-order chi connectivity index (χ1) is 14.7. The summed E-state index contributed by atoms with van der Waals surface area (Å²) in [6.07, 6.45) is -7.34. The second kappa shape index (κ2) is 10.3. The van der Waals surface area contributed by atoms with Crippen molar-refractivity contribution in [2.75, 3.05) is 6.61 Å². The molecule has 31 heavy (non-hydrogen) atoms. The number of hydrogen-bond acceptors (Lipinski definition) is 7. The minimum atomic E-state index is -1.56. The molecule has 0 aromatic heterocycles. The van der Waals surface area contributed by atoms with E-state index in [1.807, 2.05) is 31.2 Å². The van der Waals surface area contributed by atoms with Crippen molar-refractivity contribution in [3.05, 3.63) is 63.7 Å². The summed E-state index contributed by atoms with van der Waals surface area (Å²) < 4.78 is 11.5. The van der Waals surface area contributed by atoms with Crippen LogP contribution in [-0.2, 0) is 17.6 Å². The summed E-state index contributed by atoms with van der Waals surface area (Å²) in [5, 5.41) is 50.3. The van der Waals surface area contributed by atoms with Crippen molar-refractivity contribution in [1.82, 2.24) is 0 Å². The van der Waals surface area contributed by atoms with Crippen LogP contribution in [0, 0.1) is 6.92 Å². The number of hydrogen-bond donors (Lipinski definition) is 5. The van der Waals surface area contributed by atoms with E-state index in [4.69, 9.17) is 21.1 Å². The van der Waals surface area contributed by atoms with Crippen LogP contribution in [0.15, 0.2) is 36.4 Å². The molecule has 0 unspecified atom stereocenters. The average molecular weight is 453 g/mol. The van der Waals surface area contributed by atoms with E-state index in [0.29, 0.717) is 29.2 Å². The number of halogens is 1. The first kappa shape index (κ1) is 23.9. The second-order valence-corrected chi connectivity index (χ2v) is 8.40. The Morgan fingerprint density at radius 3 is 2.32 bits per heavy atom. The van der Waals surface area contributed by atoms with E-state index in [1.165, 1.54) is 6.92 Å². The molecule has 0 radical (unpaired) electrons. The van der Waals surface area contributed by atoms with Crippen LogP contribution in [0.4, 0.5) is 0 Å².